The van der Waals surface area contributed by atoms with Crippen LogP contribution in [0.4, 0.5) is 21.5 Å². The van der Waals surface area contributed by atoms with Crippen molar-refractivity contribution < 1.29 is 4.39 Å². The van der Waals surface area contributed by atoms with Crippen molar-refractivity contribution in [3.05, 3.63) is 53.3 Å². The maximum atomic E-state index is 13.2. The quantitative estimate of drug-likeness (QED) is 0.793. The van der Waals surface area contributed by atoms with E-state index in [-0.39, 0.29) is 5.82 Å². The zero-order valence-electron chi connectivity index (χ0n) is 9.87. The van der Waals surface area contributed by atoms with Crippen molar-refractivity contribution >= 4 is 17.1 Å². The monoisotopic (exact) mass is 241 g/mol. The van der Waals surface area contributed by atoms with Gasteiger partial charge in [-0.25, -0.2) is 4.39 Å². The number of aryl methyl sites for hydroxylation is 1. The molecule has 0 aliphatic carbocycles. The summed E-state index contributed by atoms with van der Waals surface area (Å²) >= 11 is 0. The average Bonchev–Trinajstić information content (AvgIpc) is 2.30. The Kier molecular flexibility index (Phi) is 3.16. The van der Waals surface area contributed by atoms with E-state index < -0.39 is 0 Å². The van der Waals surface area contributed by atoms with Gasteiger partial charge in [-0.15, -0.1) is 0 Å². The second-order valence-corrected chi connectivity index (χ2v) is 4.06. The zero-order chi connectivity index (χ0) is 13.1. The third kappa shape index (κ3) is 2.58. The molecule has 90 valence electrons. The predicted octanol–water partition coefficient (Wildman–Crippen LogP) is 3.33. The maximum Gasteiger partial charge on any atom is 0.125 e. The van der Waals surface area contributed by atoms with Crippen molar-refractivity contribution in [1.29, 1.82) is 5.26 Å². The number of benzene rings is 2. The summed E-state index contributed by atoms with van der Waals surface area (Å²) in [6.45, 7) is 1.82. The lowest BCUT2D eigenvalue weighted by atomic mass is 10.1. The van der Waals surface area contributed by atoms with E-state index in [2.05, 4.69) is 5.32 Å². The average molecular weight is 241 g/mol. The first-order valence-corrected chi connectivity index (χ1v) is 5.42. The smallest absolute Gasteiger partial charge is 0.125 e. The fourth-order valence-corrected chi connectivity index (χ4v) is 1.71. The highest BCUT2D eigenvalue weighted by Crippen LogP contribution is 2.25. The lowest BCUT2D eigenvalue weighted by Crippen LogP contribution is -1.97. The fraction of sp³-hybridized carbons (Fsp3) is 0.0714. The van der Waals surface area contributed by atoms with Gasteiger partial charge in [-0.3, -0.25) is 0 Å². The van der Waals surface area contributed by atoms with Crippen LogP contribution in [0.1, 0.15) is 11.1 Å². The molecule has 0 heterocycles. The third-order valence-electron chi connectivity index (χ3n) is 2.50. The molecule has 0 amide bonds. The van der Waals surface area contributed by atoms with E-state index in [4.69, 9.17) is 11.0 Å². The SMILES string of the molecule is Cc1cc(F)cc(Nc2ccc(C#N)cc2N)c1. The van der Waals surface area contributed by atoms with E-state index in [1.54, 1.807) is 18.2 Å². The van der Waals surface area contributed by atoms with Gasteiger partial charge in [0, 0.05) is 5.69 Å². The Morgan fingerprint density at radius 1 is 1.22 bits per heavy atom. The largest absolute Gasteiger partial charge is 0.397 e. The number of hydrogen-bond acceptors (Lipinski definition) is 3. The Bertz CT molecular complexity index is 609. The van der Waals surface area contributed by atoms with Crippen molar-refractivity contribution in [2.24, 2.45) is 0 Å². The van der Waals surface area contributed by atoms with Crippen LogP contribution in [0.2, 0.25) is 0 Å². The number of hydrogen-bond donors (Lipinski definition) is 2. The second-order valence-electron chi connectivity index (χ2n) is 4.06. The van der Waals surface area contributed by atoms with Crippen molar-refractivity contribution in [2.45, 2.75) is 6.92 Å². The minimum Gasteiger partial charge on any atom is -0.397 e. The molecule has 3 nitrogen and oxygen atoms in total. The molecule has 0 saturated carbocycles. The summed E-state index contributed by atoms with van der Waals surface area (Å²) in [5, 5.41) is 11.8. The Morgan fingerprint density at radius 2 is 2.00 bits per heavy atom. The summed E-state index contributed by atoms with van der Waals surface area (Å²) in [4.78, 5) is 0. The van der Waals surface area contributed by atoms with E-state index in [0.717, 1.165) is 5.56 Å². The number of halogens is 1. The van der Waals surface area contributed by atoms with E-state index in [1.807, 2.05) is 19.1 Å². The molecule has 0 aliphatic rings. The van der Waals surface area contributed by atoms with E-state index in [1.165, 1.54) is 12.1 Å². The van der Waals surface area contributed by atoms with Crippen LogP contribution in [0.5, 0.6) is 0 Å². The normalized spacial score (nSPS) is 9.83. The molecular formula is C14H12FN3. The van der Waals surface area contributed by atoms with Crippen molar-refractivity contribution in [3.8, 4) is 6.07 Å². The van der Waals surface area contributed by atoms with Crippen LogP contribution in [-0.2, 0) is 0 Å². The molecule has 4 heteroatoms. The summed E-state index contributed by atoms with van der Waals surface area (Å²) in [6.07, 6.45) is 0. The Labute approximate surface area is 105 Å². The molecule has 0 radical (unpaired) electrons. The Morgan fingerprint density at radius 3 is 2.61 bits per heavy atom. The maximum absolute atomic E-state index is 13.2. The van der Waals surface area contributed by atoms with Gasteiger partial charge >= 0.3 is 0 Å². The minimum absolute atomic E-state index is 0.301. The molecule has 2 aromatic rings. The number of nitrogens with zero attached hydrogens (tertiary/aromatic N) is 1. The standard InChI is InChI=1S/C14H12FN3/c1-9-4-11(15)7-12(5-9)18-14-3-2-10(8-16)6-13(14)17/h2-7,18H,17H2,1H3. The van der Waals surface area contributed by atoms with Crippen LogP contribution in [0.3, 0.4) is 0 Å². The number of rotatable bonds is 2. The van der Waals surface area contributed by atoms with Crippen LogP contribution in [0.15, 0.2) is 36.4 Å². The van der Waals surface area contributed by atoms with E-state index in [9.17, 15) is 4.39 Å². The number of nitrogens with one attached hydrogen (secondary N) is 1. The van der Waals surface area contributed by atoms with Gasteiger partial charge in [-0.2, -0.15) is 5.26 Å². The molecule has 2 rings (SSSR count). The van der Waals surface area contributed by atoms with Gasteiger partial charge in [0.2, 0.25) is 0 Å². The van der Waals surface area contributed by atoms with Gasteiger partial charge in [0.1, 0.15) is 5.82 Å². The van der Waals surface area contributed by atoms with Gasteiger partial charge < -0.3 is 11.1 Å². The molecule has 3 N–H and O–H groups in total. The molecular weight excluding hydrogens is 229 g/mol. The van der Waals surface area contributed by atoms with Crippen LogP contribution in [0, 0.1) is 24.1 Å². The highest BCUT2D eigenvalue weighted by Gasteiger charge is 2.03. The summed E-state index contributed by atoms with van der Waals surface area (Å²) in [5.41, 5.74) is 8.87. The topological polar surface area (TPSA) is 61.8 Å². The molecule has 0 aromatic heterocycles. The first-order chi connectivity index (χ1) is 8.58. The van der Waals surface area contributed by atoms with Gasteiger partial charge in [0.15, 0.2) is 0 Å². The highest BCUT2D eigenvalue weighted by atomic mass is 19.1. The first-order valence-electron chi connectivity index (χ1n) is 5.42. The molecule has 0 fully saturated rings. The molecule has 0 spiro atoms. The molecule has 0 unspecified atom stereocenters. The molecule has 0 atom stereocenters. The van der Waals surface area contributed by atoms with Gasteiger partial charge in [-0.1, -0.05) is 0 Å². The summed E-state index contributed by atoms with van der Waals surface area (Å²) < 4.78 is 13.2. The first kappa shape index (κ1) is 11.9. The van der Waals surface area contributed by atoms with Crippen LogP contribution >= 0.6 is 0 Å². The Balaban J connectivity index is 2.31. The lowest BCUT2D eigenvalue weighted by Gasteiger charge is -2.10. The molecule has 2 aromatic carbocycles. The van der Waals surface area contributed by atoms with Crippen molar-refractivity contribution in [1.82, 2.24) is 0 Å². The van der Waals surface area contributed by atoms with Crippen LogP contribution in [-0.4, -0.2) is 0 Å². The molecule has 18 heavy (non-hydrogen) atoms. The number of nitrogen functional groups attached to an aromatic ring is 1. The van der Waals surface area contributed by atoms with E-state index in [0.29, 0.717) is 22.6 Å². The zero-order valence-corrected chi connectivity index (χ0v) is 9.87. The highest BCUT2D eigenvalue weighted by molar-refractivity contribution is 5.74. The second kappa shape index (κ2) is 4.76. The minimum atomic E-state index is -0.301. The predicted molar refractivity (Wildman–Crippen MR) is 70.0 cm³/mol. The van der Waals surface area contributed by atoms with Crippen LogP contribution < -0.4 is 11.1 Å². The number of anilines is 3. The van der Waals surface area contributed by atoms with Gasteiger partial charge in [0.05, 0.1) is 23.0 Å². The van der Waals surface area contributed by atoms with Crippen molar-refractivity contribution in [2.75, 3.05) is 11.1 Å². The number of nitriles is 1. The molecule has 0 bridgehead atoms. The van der Waals surface area contributed by atoms with Gasteiger partial charge in [0.25, 0.3) is 0 Å². The molecule has 0 aliphatic heterocycles. The summed E-state index contributed by atoms with van der Waals surface area (Å²) in [6, 6.07) is 11.6. The fourth-order valence-electron chi connectivity index (χ4n) is 1.71. The van der Waals surface area contributed by atoms with Gasteiger partial charge in [-0.05, 0) is 48.9 Å². The molecule has 0 saturated heterocycles. The van der Waals surface area contributed by atoms with Crippen molar-refractivity contribution in [3.63, 3.8) is 0 Å². The summed E-state index contributed by atoms with van der Waals surface area (Å²) in [5.74, 6) is -0.301. The summed E-state index contributed by atoms with van der Waals surface area (Å²) in [7, 11) is 0. The lowest BCUT2D eigenvalue weighted by molar-refractivity contribution is 0.627. The van der Waals surface area contributed by atoms with Crippen LogP contribution in [0.25, 0.3) is 0 Å². The Hall–Kier alpha value is -2.54. The van der Waals surface area contributed by atoms with E-state index >= 15 is 0 Å². The number of nitrogens with two attached hydrogens (primary N) is 1. The third-order valence-corrected chi connectivity index (χ3v) is 2.50.